The summed E-state index contributed by atoms with van der Waals surface area (Å²) < 4.78 is 5.22. The van der Waals surface area contributed by atoms with Gasteiger partial charge in [0.05, 0.1) is 6.61 Å². The normalized spacial score (nSPS) is 11.6. The van der Waals surface area contributed by atoms with E-state index in [9.17, 15) is 4.79 Å². The minimum Gasteiger partial charge on any atom is -0.449 e. The van der Waals surface area contributed by atoms with E-state index >= 15 is 0 Å². The van der Waals surface area contributed by atoms with E-state index in [1.807, 2.05) is 31.2 Å². The van der Waals surface area contributed by atoms with E-state index in [0.29, 0.717) is 6.61 Å². The van der Waals surface area contributed by atoms with Crippen molar-refractivity contribution >= 4 is 19.9 Å². The van der Waals surface area contributed by atoms with Crippen LogP contribution in [0.15, 0.2) is 24.3 Å². The van der Waals surface area contributed by atoms with Crippen LogP contribution in [0.2, 0.25) is 24.7 Å². The smallest absolute Gasteiger partial charge is 0.411 e. The summed E-state index contributed by atoms with van der Waals surface area (Å²) in [6, 6.07) is 9.11. The number of nitrogens with one attached hydrogen (secondary N) is 1. The first-order chi connectivity index (χ1) is 10.8. The molecule has 0 saturated carbocycles. The number of hydrogen-bond acceptors (Lipinski definition) is 2. The van der Waals surface area contributed by atoms with Crippen LogP contribution in [-0.2, 0) is 4.74 Å². The fourth-order valence-electron chi connectivity index (χ4n) is 2.28. The number of unbranched alkanes of at least 4 members (excludes halogenated alkanes) is 3. The van der Waals surface area contributed by atoms with Crippen molar-refractivity contribution in [3.05, 3.63) is 29.8 Å². The van der Waals surface area contributed by atoms with Crippen LogP contribution in [0.25, 0.3) is 0 Å². The predicted octanol–water partition coefficient (Wildman–Crippen LogP) is 6.22. The number of aryl methyl sites for hydroxylation is 1. The number of rotatable bonds is 9. The Morgan fingerprint density at radius 3 is 2.30 bits per heavy atom. The summed E-state index contributed by atoms with van der Waals surface area (Å²) in [6.45, 7) is 12.2. The van der Waals surface area contributed by atoms with E-state index in [1.54, 1.807) is 0 Å². The van der Waals surface area contributed by atoms with E-state index in [4.69, 9.17) is 4.74 Å². The van der Waals surface area contributed by atoms with Gasteiger partial charge in [0.15, 0.2) is 0 Å². The van der Waals surface area contributed by atoms with Crippen molar-refractivity contribution < 1.29 is 9.53 Å². The van der Waals surface area contributed by atoms with Gasteiger partial charge in [0, 0.05) is 13.8 Å². The van der Waals surface area contributed by atoms with Crippen LogP contribution in [0.5, 0.6) is 0 Å². The standard InChI is InChI=1S/C19H33NO2Si/c1-16(2)23(4,5)15-9-7-6-8-14-22-19(21)20-18-12-10-17(3)11-13-18/h10-13,16H,6-9,14-15H2,1-5H3,(H,20,21). The highest BCUT2D eigenvalue weighted by molar-refractivity contribution is 6.78. The molecule has 0 heterocycles. The fourth-order valence-corrected chi connectivity index (χ4v) is 4.02. The Morgan fingerprint density at radius 2 is 1.70 bits per heavy atom. The number of ether oxygens (including phenoxy) is 1. The molecule has 1 rings (SSSR count). The lowest BCUT2D eigenvalue weighted by Gasteiger charge is -2.26. The Labute approximate surface area is 142 Å². The number of carbonyl (C=O) groups excluding carboxylic acids is 1. The van der Waals surface area contributed by atoms with Crippen molar-refractivity contribution in [1.29, 1.82) is 0 Å². The molecule has 0 atom stereocenters. The summed E-state index contributed by atoms with van der Waals surface area (Å²) in [5.74, 6) is 0. The largest absolute Gasteiger partial charge is 0.449 e. The SMILES string of the molecule is Cc1ccc(NC(=O)OCCCCCC[Si](C)(C)C(C)C)cc1. The Bertz CT molecular complexity index is 469. The van der Waals surface area contributed by atoms with Crippen LogP contribution in [0.3, 0.4) is 0 Å². The molecule has 0 aromatic heterocycles. The van der Waals surface area contributed by atoms with Gasteiger partial charge in [-0.15, -0.1) is 0 Å². The minimum absolute atomic E-state index is 0.359. The van der Waals surface area contributed by atoms with Crippen molar-refractivity contribution in [2.24, 2.45) is 0 Å². The van der Waals surface area contributed by atoms with Crippen molar-refractivity contribution in [3.63, 3.8) is 0 Å². The molecule has 0 aliphatic heterocycles. The molecule has 1 aromatic carbocycles. The van der Waals surface area contributed by atoms with E-state index in [1.165, 1.54) is 24.4 Å². The molecule has 0 fully saturated rings. The van der Waals surface area contributed by atoms with Crippen LogP contribution < -0.4 is 5.32 Å². The van der Waals surface area contributed by atoms with Crippen molar-refractivity contribution in [2.75, 3.05) is 11.9 Å². The predicted molar refractivity (Wildman–Crippen MR) is 102 cm³/mol. The molecule has 0 aliphatic rings. The third-order valence-electron chi connectivity index (χ3n) is 4.81. The molecule has 130 valence electrons. The van der Waals surface area contributed by atoms with E-state index in [2.05, 4.69) is 32.3 Å². The van der Waals surface area contributed by atoms with Gasteiger partial charge in [-0.3, -0.25) is 5.32 Å². The zero-order valence-corrected chi connectivity index (χ0v) is 16.4. The molecule has 4 heteroatoms. The summed E-state index contributed by atoms with van der Waals surface area (Å²) in [6.07, 6.45) is 4.28. The maximum absolute atomic E-state index is 11.7. The monoisotopic (exact) mass is 335 g/mol. The minimum atomic E-state index is -1.01. The maximum atomic E-state index is 11.7. The molecule has 1 aromatic rings. The summed E-state index contributed by atoms with van der Waals surface area (Å²) in [5.41, 5.74) is 2.81. The van der Waals surface area contributed by atoms with E-state index in [0.717, 1.165) is 24.1 Å². The van der Waals surface area contributed by atoms with Crippen LogP contribution in [0.4, 0.5) is 10.5 Å². The van der Waals surface area contributed by atoms with Gasteiger partial charge < -0.3 is 4.74 Å². The molecule has 0 radical (unpaired) electrons. The molecule has 0 bridgehead atoms. The summed E-state index contributed by atoms with van der Waals surface area (Å²) in [7, 11) is -1.01. The van der Waals surface area contributed by atoms with Gasteiger partial charge in [-0.05, 0) is 25.5 Å². The Hall–Kier alpha value is -1.29. The molecule has 0 saturated heterocycles. The molecule has 0 unspecified atom stereocenters. The van der Waals surface area contributed by atoms with Gasteiger partial charge >= 0.3 is 6.09 Å². The highest BCUT2D eigenvalue weighted by atomic mass is 28.3. The quantitative estimate of drug-likeness (QED) is 0.429. The Morgan fingerprint density at radius 1 is 1.09 bits per heavy atom. The molecule has 0 aliphatic carbocycles. The number of benzene rings is 1. The first kappa shape index (κ1) is 19.8. The molecule has 3 nitrogen and oxygen atoms in total. The average Bonchev–Trinajstić information content (AvgIpc) is 2.48. The highest BCUT2D eigenvalue weighted by Crippen LogP contribution is 2.26. The molecule has 0 spiro atoms. The number of hydrogen-bond donors (Lipinski definition) is 1. The molecule has 1 amide bonds. The van der Waals surface area contributed by atoms with Crippen LogP contribution >= 0.6 is 0 Å². The van der Waals surface area contributed by atoms with Crippen molar-refractivity contribution in [3.8, 4) is 0 Å². The number of anilines is 1. The second-order valence-corrected chi connectivity index (χ2v) is 13.1. The zero-order valence-electron chi connectivity index (χ0n) is 15.4. The third-order valence-corrected chi connectivity index (χ3v) is 9.58. The fraction of sp³-hybridized carbons (Fsp3) is 0.632. The highest BCUT2D eigenvalue weighted by Gasteiger charge is 2.23. The lowest BCUT2D eigenvalue weighted by Crippen LogP contribution is -2.28. The van der Waals surface area contributed by atoms with E-state index < -0.39 is 8.07 Å². The lowest BCUT2D eigenvalue weighted by atomic mass is 10.2. The number of amides is 1. The topological polar surface area (TPSA) is 38.3 Å². The van der Waals surface area contributed by atoms with Crippen molar-refractivity contribution in [1.82, 2.24) is 0 Å². The summed E-state index contributed by atoms with van der Waals surface area (Å²) in [4.78, 5) is 11.7. The first-order valence-electron chi connectivity index (χ1n) is 8.82. The maximum Gasteiger partial charge on any atom is 0.411 e. The molecule has 23 heavy (non-hydrogen) atoms. The van der Waals surface area contributed by atoms with Gasteiger partial charge in [0.2, 0.25) is 0 Å². The van der Waals surface area contributed by atoms with Crippen molar-refractivity contribution in [2.45, 2.75) is 71.1 Å². The lowest BCUT2D eigenvalue weighted by molar-refractivity contribution is 0.159. The Balaban J connectivity index is 2.06. The second kappa shape index (κ2) is 9.76. The third kappa shape index (κ3) is 8.21. The van der Waals surface area contributed by atoms with Gasteiger partial charge in [-0.2, -0.15) is 0 Å². The molecule has 1 N–H and O–H groups in total. The second-order valence-electron chi connectivity index (χ2n) is 7.43. The Kier molecular flexibility index (Phi) is 8.38. The molecular weight excluding hydrogens is 302 g/mol. The van der Waals surface area contributed by atoms with Gasteiger partial charge in [0.25, 0.3) is 0 Å². The van der Waals surface area contributed by atoms with Crippen LogP contribution in [0.1, 0.15) is 45.1 Å². The van der Waals surface area contributed by atoms with E-state index in [-0.39, 0.29) is 6.09 Å². The average molecular weight is 336 g/mol. The molecular formula is C19H33NO2Si. The van der Waals surface area contributed by atoms with Gasteiger partial charge in [0.1, 0.15) is 0 Å². The van der Waals surface area contributed by atoms with Crippen LogP contribution in [-0.4, -0.2) is 20.8 Å². The number of carbonyl (C=O) groups is 1. The summed E-state index contributed by atoms with van der Waals surface area (Å²) >= 11 is 0. The summed E-state index contributed by atoms with van der Waals surface area (Å²) in [5, 5.41) is 2.75. The van der Waals surface area contributed by atoms with Gasteiger partial charge in [-0.1, -0.05) is 75.5 Å². The zero-order chi connectivity index (χ0) is 17.3. The van der Waals surface area contributed by atoms with Crippen LogP contribution in [0, 0.1) is 6.92 Å². The first-order valence-corrected chi connectivity index (χ1v) is 12.1. The van der Waals surface area contributed by atoms with Gasteiger partial charge in [-0.25, -0.2) is 4.79 Å².